The van der Waals surface area contributed by atoms with Crippen LogP contribution in [0.5, 0.6) is 0 Å². The van der Waals surface area contributed by atoms with Crippen LogP contribution in [0.2, 0.25) is 6.82 Å². The van der Waals surface area contributed by atoms with Gasteiger partial charge in [-0.3, -0.25) is 0 Å². The van der Waals surface area contributed by atoms with Gasteiger partial charge in [-0.25, -0.2) is 0 Å². The molecule has 0 bridgehead atoms. The van der Waals surface area contributed by atoms with Crippen molar-refractivity contribution in [1.82, 2.24) is 9.97 Å². The van der Waals surface area contributed by atoms with Crippen molar-refractivity contribution in [3.8, 4) is 0 Å². The molecule has 0 amide bonds. The van der Waals surface area contributed by atoms with E-state index in [1.807, 2.05) is 13.7 Å². The Bertz CT molecular complexity index is 232. The summed E-state index contributed by atoms with van der Waals surface area (Å²) >= 11 is 0. The Morgan fingerprint density at radius 2 is 2.10 bits per heavy atom. The van der Waals surface area contributed by atoms with E-state index in [0.29, 0.717) is 0 Å². The fraction of sp³-hybridized carbons (Fsp3) is 0.167. The Kier molecular flexibility index (Phi) is 2.26. The van der Waals surface area contributed by atoms with Gasteiger partial charge in [-0.2, -0.15) is 0 Å². The van der Waals surface area contributed by atoms with Gasteiger partial charge in [0, 0.05) is 0 Å². The molecule has 50 valence electrons. The molecule has 0 aromatic carbocycles. The summed E-state index contributed by atoms with van der Waals surface area (Å²) in [6.07, 6.45) is 2.18. The summed E-state index contributed by atoms with van der Waals surface area (Å²) in [7, 11) is 0. The van der Waals surface area contributed by atoms with E-state index in [0.717, 1.165) is 5.56 Å². The van der Waals surface area contributed by atoms with Crippen LogP contribution >= 0.6 is 0 Å². The second kappa shape index (κ2) is 3.20. The molecule has 0 spiro atoms. The van der Waals surface area contributed by atoms with E-state index in [4.69, 9.17) is 0 Å². The van der Waals surface area contributed by atoms with Crippen molar-refractivity contribution in [3.05, 3.63) is 24.0 Å². The molecule has 0 fully saturated rings. The number of aromatic nitrogens is 2. The van der Waals surface area contributed by atoms with Gasteiger partial charge in [-0.15, -0.1) is 0 Å². The zero-order valence-electron chi connectivity index (χ0n) is 5.58. The standard InChI is InChI=1S/C6H6BFN2/c1-7-2-5-3-9-6(8)10-4-5/h2-4H,1H3. The summed E-state index contributed by atoms with van der Waals surface area (Å²) in [5.74, 6) is 1.80. The van der Waals surface area contributed by atoms with E-state index in [-0.39, 0.29) is 0 Å². The van der Waals surface area contributed by atoms with Crippen LogP contribution in [0.25, 0.3) is 0 Å². The summed E-state index contributed by atoms with van der Waals surface area (Å²) in [4.78, 5) is 6.74. The number of hydrogen-bond acceptors (Lipinski definition) is 2. The topological polar surface area (TPSA) is 25.8 Å². The fourth-order valence-electron chi connectivity index (χ4n) is 0.601. The molecule has 10 heavy (non-hydrogen) atoms. The van der Waals surface area contributed by atoms with Gasteiger partial charge >= 0.3 is 58.1 Å². The van der Waals surface area contributed by atoms with Gasteiger partial charge in [0.05, 0.1) is 0 Å². The van der Waals surface area contributed by atoms with Crippen molar-refractivity contribution in [2.45, 2.75) is 6.82 Å². The van der Waals surface area contributed by atoms with Crippen molar-refractivity contribution in [1.29, 1.82) is 0 Å². The van der Waals surface area contributed by atoms with Gasteiger partial charge in [0.25, 0.3) is 0 Å². The van der Waals surface area contributed by atoms with Crippen LogP contribution in [0.3, 0.4) is 0 Å². The molecule has 0 aliphatic carbocycles. The molecule has 0 unspecified atom stereocenters. The predicted molar refractivity (Wildman–Crippen MR) is 38.8 cm³/mol. The molecule has 1 aromatic rings. The molecule has 4 heteroatoms. The summed E-state index contributed by atoms with van der Waals surface area (Å²) in [6, 6.07) is 0. The van der Waals surface area contributed by atoms with E-state index < -0.39 is 6.08 Å². The van der Waals surface area contributed by atoms with E-state index in [2.05, 4.69) is 9.97 Å². The summed E-state index contributed by atoms with van der Waals surface area (Å²) in [5, 5.41) is 0. The van der Waals surface area contributed by atoms with Gasteiger partial charge in [0.2, 0.25) is 0 Å². The van der Waals surface area contributed by atoms with Crippen LogP contribution in [0.1, 0.15) is 5.56 Å². The molecule has 1 rings (SSSR count). The molecule has 0 saturated heterocycles. The molecule has 2 nitrogen and oxygen atoms in total. The van der Waals surface area contributed by atoms with E-state index in [1.165, 1.54) is 12.4 Å². The average Bonchev–Trinajstić information content (AvgIpc) is 1.95. The molecular formula is C6H6BFN2. The molecule has 0 N–H and O–H groups in total. The van der Waals surface area contributed by atoms with Crippen LogP contribution in [-0.2, 0) is 0 Å². The third-order valence-corrected chi connectivity index (χ3v) is 0.999. The van der Waals surface area contributed by atoms with Gasteiger partial charge < -0.3 is 0 Å². The monoisotopic (exact) mass is 136 g/mol. The first kappa shape index (κ1) is 7.06. The summed E-state index contributed by atoms with van der Waals surface area (Å²) in [5.41, 5.74) is 0.809. The van der Waals surface area contributed by atoms with Gasteiger partial charge in [-0.1, -0.05) is 0 Å². The van der Waals surface area contributed by atoms with Crippen molar-refractivity contribution < 1.29 is 4.39 Å². The second-order valence-electron chi connectivity index (χ2n) is 1.79. The SMILES string of the molecule is CB=Cc1cnc(F)nc1. The molecule has 0 atom stereocenters. The van der Waals surface area contributed by atoms with Crippen molar-refractivity contribution >= 4 is 12.9 Å². The van der Waals surface area contributed by atoms with E-state index in [1.54, 1.807) is 5.97 Å². The second-order valence-corrected chi connectivity index (χ2v) is 1.79. The average molecular weight is 136 g/mol. The Morgan fingerprint density at radius 3 is 2.60 bits per heavy atom. The minimum atomic E-state index is -0.687. The zero-order chi connectivity index (χ0) is 7.40. The van der Waals surface area contributed by atoms with Crippen LogP contribution in [0, 0.1) is 6.08 Å². The third kappa shape index (κ3) is 1.72. The summed E-state index contributed by atoms with van der Waals surface area (Å²) < 4.78 is 12.1. The zero-order valence-corrected chi connectivity index (χ0v) is 5.58. The van der Waals surface area contributed by atoms with Crippen LogP contribution in [-0.4, -0.2) is 22.9 Å². The van der Waals surface area contributed by atoms with Crippen molar-refractivity contribution in [2.24, 2.45) is 0 Å². The maximum absolute atomic E-state index is 12.1. The first-order valence-electron chi connectivity index (χ1n) is 2.93. The molecule has 0 saturated carbocycles. The molecular weight excluding hydrogens is 130 g/mol. The number of nitrogens with zero attached hydrogens (tertiary/aromatic N) is 2. The molecule has 0 radical (unpaired) electrons. The van der Waals surface area contributed by atoms with Gasteiger partial charge in [-0.05, 0) is 0 Å². The Balaban J connectivity index is 2.89. The van der Waals surface area contributed by atoms with Crippen LogP contribution in [0.15, 0.2) is 12.4 Å². The predicted octanol–water partition coefficient (Wildman–Crippen LogP) is 0.518. The van der Waals surface area contributed by atoms with Crippen LogP contribution < -0.4 is 0 Å². The Morgan fingerprint density at radius 1 is 1.50 bits per heavy atom. The Labute approximate surface area is 59.0 Å². The number of rotatable bonds is 1. The van der Waals surface area contributed by atoms with Gasteiger partial charge in [0.15, 0.2) is 0 Å². The quantitative estimate of drug-likeness (QED) is 0.415. The van der Waals surface area contributed by atoms with E-state index in [9.17, 15) is 4.39 Å². The van der Waals surface area contributed by atoms with Crippen molar-refractivity contribution in [2.75, 3.05) is 0 Å². The van der Waals surface area contributed by atoms with Gasteiger partial charge in [0.1, 0.15) is 0 Å². The fourth-order valence-corrected chi connectivity index (χ4v) is 0.601. The van der Waals surface area contributed by atoms with Crippen LogP contribution in [0.4, 0.5) is 4.39 Å². The molecule has 0 aliphatic heterocycles. The Hall–Kier alpha value is -1.06. The first-order valence-corrected chi connectivity index (χ1v) is 2.93. The molecule has 1 heterocycles. The molecule has 0 aliphatic rings. The normalized spacial score (nSPS) is 9.80. The molecule has 1 aromatic heterocycles. The first-order chi connectivity index (χ1) is 4.83. The number of halogens is 1. The summed E-state index contributed by atoms with van der Waals surface area (Å²) in [6.45, 7) is 3.72. The number of hydrogen-bond donors (Lipinski definition) is 0. The third-order valence-electron chi connectivity index (χ3n) is 0.999. The van der Waals surface area contributed by atoms with E-state index >= 15 is 0 Å². The maximum atomic E-state index is 12.1. The minimum absolute atomic E-state index is 0.687. The van der Waals surface area contributed by atoms with Crippen molar-refractivity contribution in [3.63, 3.8) is 0 Å².